The Hall–Kier alpha value is -2.87. The molecule has 0 atom stereocenters. The molecule has 5 rings (SSSR count). The summed E-state index contributed by atoms with van der Waals surface area (Å²) >= 11 is 0. The largest absolute Gasteiger partial charge is 0.317 e. The Morgan fingerprint density at radius 2 is 1.86 bits per heavy atom. The standard InChI is InChI=1S/C21H20F3N5/c1-28-9-15-6-13(7-16(20(23)24)19(15)27-28)14-8-17(22)21-26-18(11-29(21)10-14)12-2-4-25-5-3-12/h6-12,20,25H,2-5H2,1H3. The molecule has 8 heteroatoms. The van der Waals surface area contributed by atoms with Gasteiger partial charge in [0.1, 0.15) is 5.52 Å². The number of nitrogens with zero attached hydrogens (tertiary/aromatic N) is 4. The van der Waals surface area contributed by atoms with Crippen LogP contribution >= 0.6 is 0 Å². The molecule has 0 radical (unpaired) electrons. The van der Waals surface area contributed by atoms with Gasteiger partial charge < -0.3 is 9.72 Å². The summed E-state index contributed by atoms with van der Waals surface area (Å²) in [5.74, 6) is -0.163. The molecule has 0 unspecified atom stereocenters. The van der Waals surface area contributed by atoms with Crippen LogP contribution in [0, 0.1) is 5.82 Å². The van der Waals surface area contributed by atoms with Crippen LogP contribution in [0.1, 0.15) is 36.4 Å². The first kappa shape index (κ1) is 18.2. The van der Waals surface area contributed by atoms with Crippen molar-refractivity contribution >= 4 is 16.6 Å². The van der Waals surface area contributed by atoms with Crippen molar-refractivity contribution in [1.82, 2.24) is 24.5 Å². The second kappa shape index (κ2) is 6.88. The third kappa shape index (κ3) is 3.17. The SMILES string of the molecule is Cn1cc2cc(-c3cc(F)c4nc(C5CCNCC5)cn4c3)cc(C(F)F)c2n1. The fourth-order valence-electron chi connectivity index (χ4n) is 4.16. The molecule has 150 valence electrons. The summed E-state index contributed by atoms with van der Waals surface area (Å²) in [6.07, 6.45) is 4.56. The molecule has 4 heterocycles. The number of aromatic nitrogens is 4. The third-order valence-electron chi connectivity index (χ3n) is 5.60. The molecule has 0 aliphatic carbocycles. The average Bonchev–Trinajstić information content (AvgIpc) is 3.30. The molecule has 1 N–H and O–H groups in total. The maximum atomic E-state index is 14.8. The van der Waals surface area contributed by atoms with Crippen LogP contribution in [0.25, 0.3) is 27.7 Å². The molecular formula is C21H20F3N5. The molecule has 5 nitrogen and oxygen atoms in total. The zero-order valence-corrected chi connectivity index (χ0v) is 15.9. The smallest absolute Gasteiger partial charge is 0.266 e. The van der Waals surface area contributed by atoms with E-state index in [0.717, 1.165) is 31.6 Å². The zero-order valence-electron chi connectivity index (χ0n) is 15.9. The number of nitrogens with one attached hydrogen (secondary N) is 1. The number of benzene rings is 1. The van der Waals surface area contributed by atoms with Crippen LogP contribution < -0.4 is 5.32 Å². The number of alkyl halides is 2. The van der Waals surface area contributed by atoms with Gasteiger partial charge in [0, 0.05) is 48.1 Å². The topological polar surface area (TPSA) is 47.2 Å². The fraction of sp³-hybridized carbons (Fsp3) is 0.333. The highest BCUT2D eigenvalue weighted by Crippen LogP contribution is 2.33. The Kier molecular flexibility index (Phi) is 4.31. The van der Waals surface area contributed by atoms with Crippen LogP contribution in [0.2, 0.25) is 0 Å². The van der Waals surface area contributed by atoms with Gasteiger partial charge in [-0.05, 0) is 49.7 Å². The highest BCUT2D eigenvalue weighted by molar-refractivity contribution is 5.87. The number of rotatable bonds is 3. The van der Waals surface area contributed by atoms with Gasteiger partial charge in [-0.2, -0.15) is 5.10 Å². The molecule has 3 aromatic heterocycles. The minimum atomic E-state index is -2.67. The molecule has 0 amide bonds. The predicted molar refractivity (Wildman–Crippen MR) is 105 cm³/mol. The molecule has 0 saturated carbocycles. The van der Waals surface area contributed by atoms with E-state index in [1.165, 1.54) is 16.8 Å². The van der Waals surface area contributed by atoms with Gasteiger partial charge in [-0.15, -0.1) is 0 Å². The van der Waals surface area contributed by atoms with Crippen LogP contribution in [-0.2, 0) is 7.05 Å². The lowest BCUT2D eigenvalue weighted by Crippen LogP contribution is -2.26. The fourth-order valence-corrected chi connectivity index (χ4v) is 4.16. The van der Waals surface area contributed by atoms with Crippen LogP contribution in [0.4, 0.5) is 13.2 Å². The van der Waals surface area contributed by atoms with Crippen molar-refractivity contribution in [3.05, 3.63) is 53.9 Å². The second-order valence-corrected chi connectivity index (χ2v) is 7.60. The van der Waals surface area contributed by atoms with E-state index < -0.39 is 12.2 Å². The van der Waals surface area contributed by atoms with E-state index >= 15 is 0 Å². The van der Waals surface area contributed by atoms with Crippen LogP contribution in [0.5, 0.6) is 0 Å². The lowest BCUT2D eigenvalue weighted by atomic mass is 9.95. The predicted octanol–water partition coefficient (Wildman–Crippen LogP) is 4.43. The minimum Gasteiger partial charge on any atom is -0.317 e. The van der Waals surface area contributed by atoms with E-state index in [1.54, 1.807) is 29.9 Å². The molecule has 0 spiro atoms. The maximum Gasteiger partial charge on any atom is 0.266 e. The van der Waals surface area contributed by atoms with Crippen molar-refractivity contribution in [3.8, 4) is 11.1 Å². The quantitative estimate of drug-likeness (QED) is 0.554. The van der Waals surface area contributed by atoms with Gasteiger partial charge in [-0.3, -0.25) is 4.68 Å². The lowest BCUT2D eigenvalue weighted by molar-refractivity contribution is 0.153. The van der Waals surface area contributed by atoms with Crippen LogP contribution in [-0.4, -0.2) is 32.3 Å². The van der Waals surface area contributed by atoms with Crippen molar-refractivity contribution in [2.75, 3.05) is 13.1 Å². The normalized spacial score (nSPS) is 15.8. The lowest BCUT2D eigenvalue weighted by Gasteiger charge is -2.20. The molecule has 1 aliphatic rings. The number of fused-ring (bicyclic) bond motifs is 2. The molecule has 1 aromatic carbocycles. The van der Waals surface area contributed by atoms with E-state index in [9.17, 15) is 13.2 Å². The first-order chi connectivity index (χ1) is 14.0. The maximum absolute atomic E-state index is 14.8. The van der Waals surface area contributed by atoms with Gasteiger partial charge in [-0.25, -0.2) is 18.2 Å². The third-order valence-corrected chi connectivity index (χ3v) is 5.60. The second-order valence-electron chi connectivity index (χ2n) is 7.60. The van der Waals surface area contributed by atoms with E-state index in [2.05, 4.69) is 15.4 Å². The number of pyridine rings is 1. The van der Waals surface area contributed by atoms with Gasteiger partial charge in [0.05, 0.1) is 5.69 Å². The zero-order chi connectivity index (χ0) is 20.1. The molecule has 1 saturated heterocycles. The van der Waals surface area contributed by atoms with E-state index in [4.69, 9.17) is 0 Å². The summed E-state index contributed by atoms with van der Waals surface area (Å²) in [5, 5.41) is 8.05. The van der Waals surface area contributed by atoms with Gasteiger partial charge in [0.15, 0.2) is 11.5 Å². The number of imidazole rings is 1. The van der Waals surface area contributed by atoms with Crippen molar-refractivity contribution in [3.63, 3.8) is 0 Å². The molecule has 0 bridgehead atoms. The van der Waals surface area contributed by atoms with Crippen molar-refractivity contribution < 1.29 is 13.2 Å². The summed E-state index contributed by atoms with van der Waals surface area (Å²) in [6, 6.07) is 4.52. The molecule has 1 fully saturated rings. The Bertz CT molecular complexity index is 1200. The highest BCUT2D eigenvalue weighted by atomic mass is 19.3. The highest BCUT2D eigenvalue weighted by Gasteiger charge is 2.21. The minimum absolute atomic E-state index is 0.153. The first-order valence-corrected chi connectivity index (χ1v) is 9.64. The van der Waals surface area contributed by atoms with Gasteiger partial charge >= 0.3 is 0 Å². The summed E-state index contributed by atoms with van der Waals surface area (Å²) in [7, 11) is 1.69. The number of halogens is 3. The monoisotopic (exact) mass is 399 g/mol. The molecule has 29 heavy (non-hydrogen) atoms. The van der Waals surface area contributed by atoms with Gasteiger partial charge in [0.2, 0.25) is 0 Å². The summed E-state index contributed by atoms with van der Waals surface area (Å²) < 4.78 is 45.2. The molecular weight excluding hydrogens is 379 g/mol. The van der Waals surface area contributed by atoms with E-state index in [-0.39, 0.29) is 16.7 Å². The van der Waals surface area contributed by atoms with E-state index in [0.29, 0.717) is 22.4 Å². The number of aryl methyl sites for hydroxylation is 1. The number of hydrogen-bond acceptors (Lipinski definition) is 3. The summed E-state index contributed by atoms with van der Waals surface area (Å²) in [4.78, 5) is 4.50. The van der Waals surface area contributed by atoms with Crippen molar-refractivity contribution in [1.29, 1.82) is 0 Å². The molecule has 4 aromatic rings. The summed E-state index contributed by atoms with van der Waals surface area (Å²) in [6.45, 7) is 1.85. The Labute approximate surface area is 165 Å². The summed E-state index contributed by atoms with van der Waals surface area (Å²) in [5.41, 5.74) is 2.30. The van der Waals surface area contributed by atoms with Crippen molar-refractivity contribution in [2.45, 2.75) is 25.2 Å². The Morgan fingerprint density at radius 3 is 2.62 bits per heavy atom. The first-order valence-electron chi connectivity index (χ1n) is 9.64. The van der Waals surface area contributed by atoms with Gasteiger partial charge in [0.25, 0.3) is 6.43 Å². The Morgan fingerprint density at radius 1 is 1.07 bits per heavy atom. The number of hydrogen-bond donors (Lipinski definition) is 1. The van der Waals surface area contributed by atoms with Gasteiger partial charge in [-0.1, -0.05) is 0 Å². The van der Waals surface area contributed by atoms with Crippen LogP contribution in [0.15, 0.2) is 36.8 Å². The van der Waals surface area contributed by atoms with E-state index in [1.807, 2.05) is 6.20 Å². The molecule has 1 aliphatic heterocycles. The average molecular weight is 399 g/mol. The van der Waals surface area contributed by atoms with Crippen LogP contribution in [0.3, 0.4) is 0 Å². The number of piperidine rings is 1. The van der Waals surface area contributed by atoms with Crippen molar-refractivity contribution in [2.24, 2.45) is 7.05 Å². The Balaban J connectivity index is 1.63.